The first-order valence-corrected chi connectivity index (χ1v) is 5.03. The summed E-state index contributed by atoms with van der Waals surface area (Å²) in [5.41, 5.74) is 6.43. The number of pyridine rings is 1. The minimum absolute atomic E-state index is 0.410. The van der Waals surface area contributed by atoms with E-state index in [0.29, 0.717) is 31.4 Å². The lowest BCUT2D eigenvalue weighted by atomic mass is 10.3. The quantitative estimate of drug-likeness (QED) is 0.764. The van der Waals surface area contributed by atoms with Gasteiger partial charge in [0.2, 0.25) is 5.89 Å². The fraction of sp³-hybridized carbons (Fsp3) is 0.300. The lowest BCUT2D eigenvalue weighted by Crippen LogP contribution is -2.02. The normalized spacial score (nSPS) is 10.3. The van der Waals surface area contributed by atoms with Gasteiger partial charge in [-0.25, -0.2) is 0 Å². The molecule has 0 atom stereocenters. The topological polar surface area (TPSA) is 89.9 Å². The van der Waals surface area contributed by atoms with Gasteiger partial charge < -0.3 is 15.5 Å². The highest BCUT2D eigenvalue weighted by atomic mass is 16.4. The molecule has 0 radical (unpaired) electrons. The van der Waals surface area contributed by atoms with Crippen molar-refractivity contribution < 1.29 is 4.42 Å². The minimum atomic E-state index is 0.410. The third-order valence-electron chi connectivity index (χ3n) is 1.99. The van der Waals surface area contributed by atoms with Gasteiger partial charge in [-0.2, -0.15) is 0 Å². The molecular formula is C10H13N5O. The van der Waals surface area contributed by atoms with Crippen LogP contribution in [0.3, 0.4) is 0 Å². The molecule has 0 aliphatic carbocycles. The van der Waals surface area contributed by atoms with E-state index in [1.54, 1.807) is 12.4 Å². The molecule has 0 saturated carbocycles. The summed E-state index contributed by atoms with van der Waals surface area (Å²) in [6.45, 7) is 1.11. The summed E-state index contributed by atoms with van der Waals surface area (Å²) < 4.78 is 5.31. The number of aromatic nitrogens is 3. The van der Waals surface area contributed by atoms with E-state index in [1.807, 2.05) is 12.1 Å². The number of hydrogen-bond acceptors (Lipinski definition) is 6. The van der Waals surface area contributed by atoms with Crippen molar-refractivity contribution in [2.45, 2.75) is 13.0 Å². The van der Waals surface area contributed by atoms with Crippen molar-refractivity contribution in [2.24, 2.45) is 5.73 Å². The number of nitrogens with zero attached hydrogens (tertiary/aromatic N) is 3. The maximum Gasteiger partial charge on any atom is 0.315 e. The molecule has 0 saturated heterocycles. The number of rotatable bonds is 5. The standard InChI is InChI=1S/C10H13N5O/c11-4-3-9-14-15-10(16-9)13-7-8-2-1-5-12-6-8/h1-2,5-6H,3-4,7,11H2,(H,13,15). The Balaban J connectivity index is 1.89. The van der Waals surface area contributed by atoms with Crippen molar-refractivity contribution in [3.05, 3.63) is 36.0 Å². The summed E-state index contributed by atoms with van der Waals surface area (Å²) in [6, 6.07) is 4.26. The van der Waals surface area contributed by atoms with Crippen molar-refractivity contribution in [1.29, 1.82) is 0 Å². The predicted molar refractivity (Wildman–Crippen MR) is 58.6 cm³/mol. The highest BCUT2D eigenvalue weighted by Gasteiger charge is 2.04. The van der Waals surface area contributed by atoms with Gasteiger partial charge in [0.25, 0.3) is 0 Å². The Morgan fingerprint density at radius 1 is 1.38 bits per heavy atom. The molecular weight excluding hydrogens is 206 g/mol. The summed E-state index contributed by atoms with van der Waals surface area (Å²) in [4.78, 5) is 4.01. The summed E-state index contributed by atoms with van der Waals surface area (Å²) >= 11 is 0. The van der Waals surface area contributed by atoms with Gasteiger partial charge in [-0.3, -0.25) is 4.98 Å². The predicted octanol–water partition coefficient (Wildman–Crippen LogP) is 0.578. The Morgan fingerprint density at radius 3 is 3.06 bits per heavy atom. The van der Waals surface area contributed by atoms with Crippen molar-refractivity contribution in [3.63, 3.8) is 0 Å². The first-order chi connectivity index (χ1) is 7.88. The second-order valence-corrected chi connectivity index (χ2v) is 3.25. The van der Waals surface area contributed by atoms with E-state index in [9.17, 15) is 0 Å². The Morgan fingerprint density at radius 2 is 2.31 bits per heavy atom. The number of nitrogens with two attached hydrogens (primary N) is 1. The first-order valence-electron chi connectivity index (χ1n) is 5.03. The van der Waals surface area contributed by atoms with Gasteiger partial charge in [-0.1, -0.05) is 11.2 Å². The zero-order valence-corrected chi connectivity index (χ0v) is 8.76. The van der Waals surface area contributed by atoms with Gasteiger partial charge in [0.15, 0.2) is 0 Å². The monoisotopic (exact) mass is 219 g/mol. The molecule has 6 heteroatoms. The molecule has 6 nitrogen and oxygen atoms in total. The van der Waals surface area contributed by atoms with Gasteiger partial charge in [-0.05, 0) is 11.6 Å². The maximum absolute atomic E-state index is 5.38. The third-order valence-corrected chi connectivity index (χ3v) is 1.99. The van der Waals surface area contributed by atoms with Crippen molar-refractivity contribution in [2.75, 3.05) is 11.9 Å². The van der Waals surface area contributed by atoms with Crippen LogP contribution in [0.4, 0.5) is 6.01 Å². The molecule has 0 aromatic carbocycles. The molecule has 16 heavy (non-hydrogen) atoms. The molecule has 3 N–H and O–H groups in total. The molecule has 0 aliphatic rings. The molecule has 0 fully saturated rings. The zero-order chi connectivity index (χ0) is 11.2. The molecule has 2 rings (SSSR count). The minimum Gasteiger partial charge on any atom is -0.408 e. The zero-order valence-electron chi connectivity index (χ0n) is 8.76. The van der Waals surface area contributed by atoms with Crippen LogP contribution in [0.15, 0.2) is 28.9 Å². The first kappa shape index (κ1) is 10.6. The molecule has 0 unspecified atom stereocenters. The van der Waals surface area contributed by atoms with E-state index in [-0.39, 0.29) is 0 Å². The van der Waals surface area contributed by atoms with Crippen LogP contribution >= 0.6 is 0 Å². The molecule has 2 aromatic heterocycles. The Labute approximate surface area is 92.9 Å². The van der Waals surface area contributed by atoms with Crippen LogP contribution < -0.4 is 11.1 Å². The van der Waals surface area contributed by atoms with E-state index in [0.717, 1.165) is 5.56 Å². The molecule has 84 valence electrons. The van der Waals surface area contributed by atoms with E-state index >= 15 is 0 Å². The Hall–Kier alpha value is -1.95. The van der Waals surface area contributed by atoms with Gasteiger partial charge in [-0.15, -0.1) is 5.10 Å². The smallest absolute Gasteiger partial charge is 0.315 e. The van der Waals surface area contributed by atoms with Crippen LogP contribution in [0.2, 0.25) is 0 Å². The van der Waals surface area contributed by atoms with Crippen molar-refractivity contribution >= 4 is 6.01 Å². The van der Waals surface area contributed by atoms with Crippen LogP contribution in [-0.4, -0.2) is 21.7 Å². The SMILES string of the molecule is NCCc1nnc(NCc2cccnc2)o1. The number of anilines is 1. The average molecular weight is 219 g/mol. The van der Waals surface area contributed by atoms with Crippen LogP contribution in [0, 0.1) is 0 Å². The lowest BCUT2D eigenvalue weighted by molar-refractivity contribution is 0.505. The molecule has 2 aromatic rings. The van der Waals surface area contributed by atoms with E-state index in [4.69, 9.17) is 10.2 Å². The van der Waals surface area contributed by atoms with Crippen LogP contribution in [0.25, 0.3) is 0 Å². The molecule has 0 spiro atoms. The van der Waals surface area contributed by atoms with E-state index in [2.05, 4.69) is 20.5 Å². The average Bonchev–Trinajstić information content (AvgIpc) is 2.76. The highest BCUT2D eigenvalue weighted by Crippen LogP contribution is 2.07. The fourth-order valence-corrected chi connectivity index (χ4v) is 1.23. The Bertz CT molecular complexity index is 428. The van der Waals surface area contributed by atoms with Gasteiger partial charge in [0.05, 0.1) is 0 Å². The third kappa shape index (κ3) is 2.77. The lowest BCUT2D eigenvalue weighted by Gasteiger charge is -1.99. The molecule has 0 aliphatic heterocycles. The molecule has 0 bridgehead atoms. The fourth-order valence-electron chi connectivity index (χ4n) is 1.23. The van der Waals surface area contributed by atoms with Crippen LogP contribution in [0.5, 0.6) is 0 Å². The summed E-state index contributed by atoms with van der Waals surface area (Å²) in [5.74, 6) is 0.552. The van der Waals surface area contributed by atoms with Crippen molar-refractivity contribution in [1.82, 2.24) is 15.2 Å². The Kier molecular flexibility index (Phi) is 3.45. The summed E-state index contributed by atoms with van der Waals surface area (Å²) in [6.07, 6.45) is 4.11. The summed E-state index contributed by atoms with van der Waals surface area (Å²) in [7, 11) is 0. The largest absolute Gasteiger partial charge is 0.408 e. The summed E-state index contributed by atoms with van der Waals surface area (Å²) in [5, 5.41) is 10.7. The van der Waals surface area contributed by atoms with Crippen molar-refractivity contribution in [3.8, 4) is 0 Å². The van der Waals surface area contributed by atoms with Crippen LogP contribution in [0.1, 0.15) is 11.5 Å². The highest BCUT2D eigenvalue weighted by molar-refractivity contribution is 5.21. The van der Waals surface area contributed by atoms with Gasteiger partial charge in [0.1, 0.15) is 0 Å². The van der Waals surface area contributed by atoms with Gasteiger partial charge in [0, 0.05) is 31.9 Å². The van der Waals surface area contributed by atoms with Crippen LogP contribution in [-0.2, 0) is 13.0 Å². The number of nitrogens with one attached hydrogen (secondary N) is 1. The maximum atomic E-state index is 5.38. The van der Waals surface area contributed by atoms with Gasteiger partial charge >= 0.3 is 6.01 Å². The molecule has 0 amide bonds. The second-order valence-electron chi connectivity index (χ2n) is 3.25. The molecule has 2 heterocycles. The second kappa shape index (κ2) is 5.22. The van der Waals surface area contributed by atoms with E-state index in [1.165, 1.54) is 0 Å². The number of hydrogen-bond donors (Lipinski definition) is 2. The van der Waals surface area contributed by atoms with E-state index < -0.39 is 0 Å².